The molecule has 0 aromatic carbocycles. The van der Waals surface area contributed by atoms with Gasteiger partial charge in [-0.2, -0.15) is 0 Å². The second-order valence-corrected chi connectivity index (χ2v) is 3.16. The van der Waals surface area contributed by atoms with Gasteiger partial charge in [0.15, 0.2) is 0 Å². The standard InChI is InChI=1S/C5H10ClNO2.C4H9NO2/c1-3-4(7-6)5(8)9-2;1-2-3(5)4(6)7/h4,7H,3H2,1-2H3;3H,2,5H2,1H3,(H,6,7)/t4-;3-/m00/s1. The number of carboxylic acids is 1. The van der Waals surface area contributed by atoms with Crippen molar-refractivity contribution in [1.82, 2.24) is 4.84 Å². The van der Waals surface area contributed by atoms with E-state index in [4.69, 9.17) is 22.6 Å². The smallest absolute Gasteiger partial charge is 0.324 e. The lowest BCUT2D eigenvalue weighted by molar-refractivity contribution is -0.142. The van der Waals surface area contributed by atoms with Crippen molar-refractivity contribution in [2.75, 3.05) is 7.11 Å². The van der Waals surface area contributed by atoms with Gasteiger partial charge in [-0.3, -0.25) is 9.59 Å². The van der Waals surface area contributed by atoms with E-state index in [1.54, 1.807) is 6.92 Å². The van der Waals surface area contributed by atoms with Crippen molar-refractivity contribution in [3.8, 4) is 0 Å². The van der Waals surface area contributed by atoms with Gasteiger partial charge in [0.25, 0.3) is 0 Å². The number of rotatable bonds is 5. The van der Waals surface area contributed by atoms with Gasteiger partial charge in [-0.05, 0) is 24.6 Å². The molecule has 16 heavy (non-hydrogen) atoms. The lowest BCUT2D eigenvalue weighted by Gasteiger charge is -2.07. The average molecular weight is 255 g/mol. The van der Waals surface area contributed by atoms with Crippen molar-refractivity contribution in [2.24, 2.45) is 5.73 Å². The molecule has 0 bridgehead atoms. The SMILES string of the molecule is CC[C@H](N)C(=O)O.CC[C@H](NCl)C(=O)OC. The number of carbonyl (C=O) groups is 2. The van der Waals surface area contributed by atoms with E-state index in [-0.39, 0.29) is 12.0 Å². The Hall–Kier alpha value is -0.850. The molecule has 0 aliphatic rings. The fraction of sp³-hybridized carbons (Fsp3) is 0.778. The largest absolute Gasteiger partial charge is 0.480 e. The average Bonchev–Trinajstić information content (AvgIpc) is 2.29. The summed E-state index contributed by atoms with van der Waals surface area (Å²) < 4.78 is 4.41. The maximum absolute atomic E-state index is 10.6. The summed E-state index contributed by atoms with van der Waals surface area (Å²) in [6.07, 6.45) is 1.13. The number of aliphatic carboxylic acids is 1. The van der Waals surface area contributed by atoms with Crippen molar-refractivity contribution in [2.45, 2.75) is 38.8 Å². The number of nitrogens with two attached hydrogens (primary N) is 1. The minimum absolute atomic E-state index is 0.326. The molecule has 7 heteroatoms. The van der Waals surface area contributed by atoms with E-state index in [1.165, 1.54) is 7.11 Å². The molecule has 0 radical (unpaired) electrons. The molecule has 0 aliphatic heterocycles. The number of hydrogen-bond donors (Lipinski definition) is 3. The molecule has 0 spiro atoms. The van der Waals surface area contributed by atoms with Gasteiger partial charge in [0.05, 0.1) is 7.11 Å². The summed E-state index contributed by atoms with van der Waals surface area (Å²) in [5.74, 6) is -1.25. The van der Waals surface area contributed by atoms with Crippen molar-refractivity contribution >= 4 is 23.7 Å². The third kappa shape index (κ3) is 8.46. The summed E-state index contributed by atoms with van der Waals surface area (Å²) in [5.41, 5.74) is 5.02. The van der Waals surface area contributed by atoms with Gasteiger partial charge in [0.2, 0.25) is 0 Å². The van der Waals surface area contributed by atoms with Gasteiger partial charge < -0.3 is 15.6 Å². The van der Waals surface area contributed by atoms with E-state index >= 15 is 0 Å². The predicted octanol–water partition coefficient (Wildman–Crippen LogP) is 0.490. The van der Waals surface area contributed by atoms with Crippen LogP contribution in [-0.4, -0.2) is 36.2 Å². The number of esters is 1. The molecule has 0 unspecified atom stereocenters. The minimum Gasteiger partial charge on any atom is -0.480 e. The highest BCUT2D eigenvalue weighted by Gasteiger charge is 2.13. The highest BCUT2D eigenvalue weighted by Crippen LogP contribution is 1.93. The van der Waals surface area contributed by atoms with Crippen LogP contribution in [0.15, 0.2) is 0 Å². The summed E-state index contributed by atoms with van der Waals surface area (Å²) in [6.45, 7) is 3.58. The maximum atomic E-state index is 10.6. The Morgan fingerprint density at radius 3 is 2.00 bits per heavy atom. The van der Waals surface area contributed by atoms with Crippen LogP contribution in [0, 0.1) is 0 Å². The molecular weight excluding hydrogens is 236 g/mol. The molecule has 0 aromatic heterocycles. The molecule has 0 aromatic rings. The third-order valence-electron chi connectivity index (χ3n) is 1.78. The van der Waals surface area contributed by atoms with Crippen LogP contribution in [0.25, 0.3) is 0 Å². The molecule has 4 N–H and O–H groups in total. The first-order valence-electron chi connectivity index (χ1n) is 4.86. The third-order valence-corrected chi connectivity index (χ3v) is 2.05. The second-order valence-electron chi connectivity index (χ2n) is 2.95. The van der Waals surface area contributed by atoms with Crippen LogP contribution in [0.3, 0.4) is 0 Å². The van der Waals surface area contributed by atoms with E-state index in [9.17, 15) is 9.59 Å². The summed E-state index contributed by atoms with van der Waals surface area (Å²) in [4.78, 5) is 22.7. The molecule has 0 saturated heterocycles. The molecule has 0 heterocycles. The van der Waals surface area contributed by atoms with E-state index in [0.29, 0.717) is 12.8 Å². The number of methoxy groups -OCH3 is 1. The van der Waals surface area contributed by atoms with Crippen LogP contribution in [0.4, 0.5) is 0 Å². The number of ether oxygens (including phenoxy) is 1. The Kier molecular flexibility index (Phi) is 11.7. The van der Waals surface area contributed by atoms with Crippen LogP contribution in [-0.2, 0) is 14.3 Å². The van der Waals surface area contributed by atoms with Gasteiger partial charge in [0.1, 0.15) is 12.1 Å². The molecule has 0 rings (SSSR count). The Morgan fingerprint density at radius 2 is 1.94 bits per heavy atom. The van der Waals surface area contributed by atoms with E-state index in [2.05, 4.69) is 9.57 Å². The predicted molar refractivity (Wildman–Crippen MR) is 61.0 cm³/mol. The van der Waals surface area contributed by atoms with Gasteiger partial charge in [-0.15, -0.1) is 0 Å². The fourth-order valence-electron chi connectivity index (χ4n) is 0.605. The van der Waals surface area contributed by atoms with Gasteiger partial charge >= 0.3 is 11.9 Å². The molecule has 96 valence electrons. The van der Waals surface area contributed by atoms with E-state index in [1.807, 2.05) is 6.92 Å². The summed E-state index contributed by atoms with van der Waals surface area (Å²) in [6, 6.07) is -1.06. The topological polar surface area (TPSA) is 102 Å². The zero-order valence-electron chi connectivity index (χ0n) is 9.70. The van der Waals surface area contributed by atoms with Crippen molar-refractivity contribution in [1.29, 1.82) is 0 Å². The number of halogens is 1. The molecule has 2 atom stereocenters. The summed E-state index contributed by atoms with van der Waals surface area (Å²) >= 11 is 5.19. The second kappa shape index (κ2) is 10.7. The Morgan fingerprint density at radius 1 is 1.44 bits per heavy atom. The fourth-order valence-corrected chi connectivity index (χ4v) is 0.849. The number of carboxylic acid groups (broad SMARTS) is 1. The Bertz CT molecular complexity index is 210. The van der Waals surface area contributed by atoms with Crippen LogP contribution < -0.4 is 10.6 Å². The Labute approximate surface area is 100 Å². The molecule has 0 fully saturated rings. The first kappa shape index (κ1) is 17.5. The van der Waals surface area contributed by atoms with Crippen molar-refractivity contribution in [3.05, 3.63) is 0 Å². The summed E-state index contributed by atoms with van der Waals surface area (Å²) in [7, 11) is 1.33. The lowest BCUT2D eigenvalue weighted by atomic mass is 10.2. The zero-order chi connectivity index (χ0) is 13.1. The normalized spacial score (nSPS) is 13.1. The highest BCUT2D eigenvalue weighted by molar-refractivity contribution is 6.14. The van der Waals surface area contributed by atoms with Crippen molar-refractivity contribution in [3.63, 3.8) is 0 Å². The quantitative estimate of drug-likeness (QED) is 0.488. The van der Waals surface area contributed by atoms with Crippen LogP contribution >= 0.6 is 11.8 Å². The summed E-state index contributed by atoms with van der Waals surface area (Å²) in [5, 5.41) is 8.06. The lowest BCUT2D eigenvalue weighted by Crippen LogP contribution is -2.30. The molecule has 0 aliphatic carbocycles. The molecule has 6 nitrogen and oxygen atoms in total. The van der Waals surface area contributed by atoms with Gasteiger partial charge in [0, 0.05) is 0 Å². The van der Waals surface area contributed by atoms with Crippen LogP contribution in [0.2, 0.25) is 0 Å². The number of nitrogens with one attached hydrogen (secondary N) is 1. The number of carbonyl (C=O) groups excluding carboxylic acids is 1. The first-order valence-corrected chi connectivity index (χ1v) is 5.24. The van der Waals surface area contributed by atoms with Crippen LogP contribution in [0.1, 0.15) is 26.7 Å². The molecule has 0 saturated carbocycles. The highest BCUT2D eigenvalue weighted by atomic mass is 35.5. The van der Waals surface area contributed by atoms with Gasteiger partial charge in [-0.25, -0.2) is 4.84 Å². The van der Waals surface area contributed by atoms with Crippen LogP contribution in [0.5, 0.6) is 0 Å². The minimum atomic E-state index is -0.928. The molecular formula is C9H19ClN2O4. The van der Waals surface area contributed by atoms with E-state index < -0.39 is 12.0 Å². The number of hydrogen-bond acceptors (Lipinski definition) is 5. The molecule has 0 amide bonds. The first-order chi connectivity index (χ1) is 7.44. The van der Waals surface area contributed by atoms with Gasteiger partial charge in [-0.1, -0.05) is 13.8 Å². The zero-order valence-corrected chi connectivity index (χ0v) is 10.5. The maximum Gasteiger partial charge on any atom is 0.324 e. The Balaban J connectivity index is 0. The van der Waals surface area contributed by atoms with E-state index in [0.717, 1.165) is 0 Å². The van der Waals surface area contributed by atoms with Crippen molar-refractivity contribution < 1.29 is 19.4 Å². The monoisotopic (exact) mass is 254 g/mol.